The molecule has 0 aliphatic rings. The van der Waals surface area contributed by atoms with Gasteiger partial charge in [-0.15, -0.1) is 11.3 Å². The molecule has 0 spiro atoms. The molecule has 6 nitrogen and oxygen atoms in total. The molecular formula is C16H17N5OS. The predicted molar refractivity (Wildman–Crippen MR) is 89.2 cm³/mol. The second-order valence-electron chi connectivity index (χ2n) is 5.09. The van der Waals surface area contributed by atoms with Crippen molar-refractivity contribution >= 4 is 17.2 Å². The summed E-state index contributed by atoms with van der Waals surface area (Å²) in [7, 11) is 0. The Morgan fingerprint density at radius 1 is 1.43 bits per heavy atom. The highest BCUT2D eigenvalue weighted by atomic mass is 32.1. The number of H-pyrrole nitrogens is 1. The molecule has 0 aliphatic heterocycles. The van der Waals surface area contributed by atoms with E-state index in [9.17, 15) is 4.79 Å². The molecule has 1 atom stereocenters. The SMILES string of the molecule is CCc1nc(C(C)NC(=O)c2cn[nH]c2-c2ccccn2)cs1. The summed E-state index contributed by atoms with van der Waals surface area (Å²) in [6, 6.07) is 5.37. The topological polar surface area (TPSA) is 83.6 Å². The van der Waals surface area contributed by atoms with Crippen LogP contribution in [0.15, 0.2) is 36.0 Å². The van der Waals surface area contributed by atoms with Crippen LogP contribution in [-0.4, -0.2) is 26.1 Å². The van der Waals surface area contributed by atoms with E-state index >= 15 is 0 Å². The van der Waals surface area contributed by atoms with Gasteiger partial charge in [-0.25, -0.2) is 4.98 Å². The summed E-state index contributed by atoms with van der Waals surface area (Å²) in [4.78, 5) is 21.3. The number of pyridine rings is 1. The highest BCUT2D eigenvalue weighted by molar-refractivity contribution is 7.09. The number of nitrogens with one attached hydrogen (secondary N) is 2. The van der Waals surface area contributed by atoms with Gasteiger partial charge in [-0.1, -0.05) is 13.0 Å². The average molecular weight is 327 g/mol. The normalized spacial score (nSPS) is 12.1. The van der Waals surface area contributed by atoms with E-state index in [1.165, 1.54) is 6.20 Å². The minimum absolute atomic E-state index is 0.162. The number of carbonyl (C=O) groups is 1. The second-order valence-corrected chi connectivity index (χ2v) is 6.03. The maximum Gasteiger partial charge on any atom is 0.255 e. The van der Waals surface area contributed by atoms with E-state index < -0.39 is 0 Å². The van der Waals surface area contributed by atoms with Crippen molar-refractivity contribution in [3.8, 4) is 11.4 Å². The monoisotopic (exact) mass is 327 g/mol. The number of rotatable bonds is 5. The first-order chi connectivity index (χ1) is 11.2. The number of hydrogen-bond donors (Lipinski definition) is 2. The van der Waals surface area contributed by atoms with Crippen molar-refractivity contribution in [2.45, 2.75) is 26.3 Å². The molecule has 0 saturated carbocycles. The Kier molecular flexibility index (Phi) is 4.47. The lowest BCUT2D eigenvalue weighted by Crippen LogP contribution is -2.27. The predicted octanol–water partition coefficient (Wildman–Crippen LogP) is 2.98. The fraction of sp³-hybridized carbons (Fsp3) is 0.250. The summed E-state index contributed by atoms with van der Waals surface area (Å²) >= 11 is 1.61. The van der Waals surface area contributed by atoms with Gasteiger partial charge in [0.05, 0.1) is 39.9 Å². The summed E-state index contributed by atoms with van der Waals surface area (Å²) < 4.78 is 0. The van der Waals surface area contributed by atoms with Gasteiger partial charge in [-0.05, 0) is 25.5 Å². The molecular weight excluding hydrogens is 310 g/mol. The Morgan fingerprint density at radius 3 is 3.00 bits per heavy atom. The number of carbonyl (C=O) groups excluding carboxylic acids is 1. The fourth-order valence-electron chi connectivity index (χ4n) is 2.20. The van der Waals surface area contributed by atoms with E-state index in [2.05, 4.69) is 32.4 Å². The number of nitrogens with zero attached hydrogens (tertiary/aromatic N) is 3. The molecule has 3 rings (SSSR count). The van der Waals surface area contributed by atoms with Gasteiger partial charge in [0.2, 0.25) is 0 Å². The first kappa shape index (κ1) is 15.4. The van der Waals surface area contributed by atoms with E-state index in [4.69, 9.17) is 0 Å². The van der Waals surface area contributed by atoms with Crippen LogP contribution in [0.3, 0.4) is 0 Å². The summed E-state index contributed by atoms with van der Waals surface area (Å²) in [5.41, 5.74) is 2.65. The molecule has 0 radical (unpaired) electrons. The van der Waals surface area contributed by atoms with Gasteiger partial charge in [-0.3, -0.25) is 14.9 Å². The quantitative estimate of drug-likeness (QED) is 0.754. The number of thiazole rings is 1. The van der Waals surface area contributed by atoms with E-state index in [1.54, 1.807) is 17.5 Å². The van der Waals surface area contributed by atoms with Crippen molar-refractivity contribution in [2.24, 2.45) is 0 Å². The molecule has 0 bridgehead atoms. The van der Waals surface area contributed by atoms with Crippen LogP contribution < -0.4 is 5.32 Å². The molecule has 1 amide bonds. The molecule has 23 heavy (non-hydrogen) atoms. The van der Waals surface area contributed by atoms with Crippen LogP contribution in [0.25, 0.3) is 11.4 Å². The van der Waals surface area contributed by atoms with Crippen molar-refractivity contribution in [2.75, 3.05) is 0 Å². The third-order valence-electron chi connectivity index (χ3n) is 3.47. The van der Waals surface area contributed by atoms with Gasteiger partial charge in [0.1, 0.15) is 0 Å². The summed E-state index contributed by atoms with van der Waals surface area (Å²) in [6.07, 6.45) is 4.10. The molecule has 0 fully saturated rings. The Balaban J connectivity index is 1.78. The Labute approximate surface area is 138 Å². The van der Waals surface area contributed by atoms with Crippen LogP contribution in [0.1, 0.15) is 40.9 Å². The molecule has 3 aromatic rings. The maximum absolute atomic E-state index is 12.5. The van der Waals surface area contributed by atoms with Crippen LogP contribution in [0.5, 0.6) is 0 Å². The summed E-state index contributed by atoms with van der Waals surface area (Å²) in [6.45, 7) is 3.99. The molecule has 3 heterocycles. The van der Waals surface area contributed by atoms with Crippen molar-refractivity contribution in [3.05, 3.63) is 52.2 Å². The highest BCUT2D eigenvalue weighted by Gasteiger charge is 2.19. The minimum atomic E-state index is -0.196. The fourth-order valence-corrected chi connectivity index (χ4v) is 3.04. The zero-order chi connectivity index (χ0) is 16.2. The van der Waals surface area contributed by atoms with Gasteiger partial charge in [0.25, 0.3) is 5.91 Å². The highest BCUT2D eigenvalue weighted by Crippen LogP contribution is 2.21. The molecule has 0 aliphatic carbocycles. The van der Waals surface area contributed by atoms with Crippen molar-refractivity contribution in [3.63, 3.8) is 0 Å². The van der Waals surface area contributed by atoms with Crippen LogP contribution in [0.4, 0.5) is 0 Å². The first-order valence-corrected chi connectivity index (χ1v) is 8.27. The van der Waals surface area contributed by atoms with Gasteiger partial charge < -0.3 is 5.32 Å². The molecule has 3 aromatic heterocycles. The van der Waals surface area contributed by atoms with E-state index in [0.717, 1.165) is 17.1 Å². The zero-order valence-corrected chi connectivity index (χ0v) is 13.7. The van der Waals surface area contributed by atoms with Crippen LogP contribution in [0, 0.1) is 0 Å². The van der Waals surface area contributed by atoms with Crippen molar-refractivity contribution < 1.29 is 4.79 Å². The lowest BCUT2D eigenvalue weighted by atomic mass is 10.1. The van der Waals surface area contributed by atoms with Crippen molar-refractivity contribution in [1.29, 1.82) is 0 Å². The lowest BCUT2D eigenvalue weighted by Gasteiger charge is -2.11. The number of amides is 1. The molecule has 118 valence electrons. The van der Waals surface area contributed by atoms with Gasteiger partial charge in [0, 0.05) is 11.6 Å². The number of hydrogen-bond acceptors (Lipinski definition) is 5. The smallest absolute Gasteiger partial charge is 0.255 e. The zero-order valence-electron chi connectivity index (χ0n) is 12.9. The van der Waals surface area contributed by atoms with Crippen LogP contribution >= 0.6 is 11.3 Å². The Morgan fingerprint density at radius 2 is 2.30 bits per heavy atom. The van der Waals surface area contributed by atoms with Crippen LogP contribution in [0.2, 0.25) is 0 Å². The average Bonchev–Trinajstić information content (AvgIpc) is 3.24. The van der Waals surface area contributed by atoms with E-state index in [0.29, 0.717) is 17.0 Å². The standard InChI is InChI=1S/C16H17N5OS/c1-3-14-20-13(9-23-14)10(2)19-16(22)11-8-18-21-15(11)12-6-4-5-7-17-12/h4-10H,3H2,1-2H3,(H,18,21)(H,19,22). The molecule has 1 unspecified atom stereocenters. The molecule has 2 N–H and O–H groups in total. The van der Waals surface area contributed by atoms with Gasteiger partial charge in [0.15, 0.2) is 0 Å². The molecule has 7 heteroatoms. The minimum Gasteiger partial charge on any atom is -0.344 e. The molecule has 0 saturated heterocycles. The van der Waals surface area contributed by atoms with E-state index in [-0.39, 0.29) is 11.9 Å². The maximum atomic E-state index is 12.5. The Hall–Kier alpha value is -2.54. The largest absolute Gasteiger partial charge is 0.344 e. The summed E-state index contributed by atoms with van der Waals surface area (Å²) in [5.74, 6) is -0.196. The van der Waals surface area contributed by atoms with Gasteiger partial charge in [-0.2, -0.15) is 5.10 Å². The summed E-state index contributed by atoms with van der Waals surface area (Å²) in [5, 5.41) is 12.8. The molecule has 0 aromatic carbocycles. The second kappa shape index (κ2) is 6.70. The number of aryl methyl sites for hydroxylation is 1. The number of aromatic nitrogens is 4. The van der Waals surface area contributed by atoms with Crippen molar-refractivity contribution in [1.82, 2.24) is 25.5 Å². The lowest BCUT2D eigenvalue weighted by molar-refractivity contribution is 0.0940. The van der Waals surface area contributed by atoms with E-state index in [1.807, 2.05) is 30.5 Å². The third-order valence-corrected chi connectivity index (χ3v) is 4.48. The van der Waals surface area contributed by atoms with Crippen LogP contribution in [-0.2, 0) is 6.42 Å². The third kappa shape index (κ3) is 3.29. The Bertz CT molecular complexity index is 796. The van der Waals surface area contributed by atoms with Gasteiger partial charge >= 0.3 is 0 Å². The first-order valence-electron chi connectivity index (χ1n) is 7.39. The number of aromatic amines is 1.